The molecule has 1 atom stereocenters. The summed E-state index contributed by atoms with van der Waals surface area (Å²) in [5, 5.41) is 15.0. The van der Waals surface area contributed by atoms with Crippen LogP contribution in [0, 0.1) is 0 Å². The van der Waals surface area contributed by atoms with Crippen LogP contribution in [0.3, 0.4) is 0 Å². The minimum Gasteiger partial charge on any atom is -0.324 e. The number of rotatable bonds is 3. The number of hydrogen-bond donors (Lipinski definition) is 1. The number of likely N-dealkylation sites (tertiary alicyclic amines) is 1. The second-order valence-electron chi connectivity index (χ2n) is 6.21. The van der Waals surface area contributed by atoms with Crippen molar-refractivity contribution < 1.29 is 4.79 Å². The fourth-order valence-corrected chi connectivity index (χ4v) is 3.14. The van der Waals surface area contributed by atoms with Crippen LogP contribution in [0.1, 0.15) is 17.9 Å². The molecule has 1 saturated heterocycles. The molecule has 4 rings (SSSR count). The molecule has 3 aromatic rings. The van der Waals surface area contributed by atoms with Crippen LogP contribution in [0.2, 0.25) is 0 Å². The van der Waals surface area contributed by atoms with Crippen molar-refractivity contribution in [3.05, 3.63) is 54.6 Å². The lowest BCUT2D eigenvalue weighted by molar-refractivity contribution is 0.222. The van der Waals surface area contributed by atoms with E-state index in [1.807, 2.05) is 48.6 Å². The van der Waals surface area contributed by atoms with Gasteiger partial charge in [0.15, 0.2) is 0 Å². The Balaban J connectivity index is 1.42. The monoisotopic (exact) mass is 337 g/mol. The summed E-state index contributed by atoms with van der Waals surface area (Å²) >= 11 is 0. The first-order valence-corrected chi connectivity index (χ1v) is 8.20. The number of benzene rings is 1. The van der Waals surface area contributed by atoms with Crippen LogP contribution in [-0.2, 0) is 7.05 Å². The molecule has 0 spiro atoms. The first-order chi connectivity index (χ1) is 12.2. The van der Waals surface area contributed by atoms with Crippen molar-refractivity contribution in [1.82, 2.24) is 29.7 Å². The van der Waals surface area contributed by atoms with E-state index in [1.165, 1.54) is 5.56 Å². The van der Waals surface area contributed by atoms with Crippen LogP contribution in [0.15, 0.2) is 49.1 Å². The molecule has 8 nitrogen and oxygen atoms in total. The van der Waals surface area contributed by atoms with Gasteiger partial charge >= 0.3 is 6.03 Å². The van der Waals surface area contributed by atoms with E-state index in [4.69, 9.17) is 0 Å². The zero-order chi connectivity index (χ0) is 17.2. The third-order valence-electron chi connectivity index (χ3n) is 4.46. The fourth-order valence-electron chi connectivity index (χ4n) is 3.14. The smallest absolute Gasteiger partial charge is 0.321 e. The Labute approximate surface area is 145 Å². The molecule has 0 radical (unpaired) electrons. The van der Waals surface area contributed by atoms with E-state index in [2.05, 4.69) is 20.7 Å². The minimum absolute atomic E-state index is 0.0814. The lowest BCUT2D eigenvalue weighted by atomic mass is 10.0. The molecule has 3 heterocycles. The molecular formula is C17H19N7O. The van der Waals surface area contributed by atoms with Crippen molar-refractivity contribution in [2.24, 2.45) is 7.05 Å². The van der Waals surface area contributed by atoms with E-state index in [9.17, 15) is 4.79 Å². The van der Waals surface area contributed by atoms with Crippen molar-refractivity contribution in [3.8, 4) is 5.69 Å². The molecule has 1 aromatic carbocycles. The van der Waals surface area contributed by atoms with Crippen LogP contribution in [0.4, 0.5) is 10.5 Å². The first kappa shape index (κ1) is 15.4. The minimum atomic E-state index is -0.0814. The highest BCUT2D eigenvalue weighted by Crippen LogP contribution is 2.27. The lowest BCUT2D eigenvalue weighted by Gasteiger charge is -2.17. The summed E-state index contributed by atoms with van der Waals surface area (Å²) in [5.41, 5.74) is 2.78. The molecule has 0 bridgehead atoms. The molecule has 1 aliphatic rings. The lowest BCUT2D eigenvalue weighted by Crippen LogP contribution is -2.32. The molecular weight excluding hydrogens is 318 g/mol. The zero-order valence-corrected chi connectivity index (χ0v) is 13.9. The van der Waals surface area contributed by atoms with E-state index in [0.29, 0.717) is 12.5 Å². The van der Waals surface area contributed by atoms with Gasteiger partial charge in [-0.25, -0.2) is 9.48 Å². The van der Waals surface area contributed by atoms with Crippen LogP contribution in [-0.4, -0.2) is 48.8 Å². The number of aromatic nitrogens is 5. The molecule has 2 amide bonds. The highest BCUT2D eigenvalue weighted by atomic mass is 16.2. The number of nitrogens with one attached hydrogen (secondary N) is 1. The number of carbonyl (C=O) groups is 1. The number of urea groups is 1. The van der Waals surface area contributed by atoms with Crippen molar-refractivity contribution >= 4 is 11.7 Å². The Morgan fingerprint density at radius 2 is 2.28 bits per heavy atom. The molecule has 0 unspecified atom stereocenters. The van der Waals surface area contributed by atoms with Crippen LogP contribution < -0.4 is 5.32 Å². The van der Waals surface area contributed by atoms with Gasteiger partial charge in [-0.3, -0.25) is 4.68 Å². The number of hydrogen-bond acceptors (Lipinski definition) is 4. The third kappa shape index (κ3) is 3.23. The SMILES string of the molecule is Cn1cc([C@@H]2CCN(C(=O)Nc3cccc(-n4ccnn4)c3)C2)cn1. The summed E-state index contributed by atoms with van der Waals surface area (Å²) in [7, 11) is 1.91. The summed E-state index contributed by atoms with van der Waals surface area (Å²) in [6, 6.07) is 7.46. The van der Waals surface area contributed by atoms with Crippen molar-refractivity contribution in [1.29, 1.82) is 0 Å². The molecule has 25 heavy (non-hydrogen) atoms. The quantitative estimate of drug-likeness (QED) is 0.793. The molecule has 0 saturated carbocycles. The second kappa shape index (κ2) is 6.39. The maximum Gasteiger partial charge on any atom is 0.321 e. The number of anilines is 1. The summed E-state index contributed by atoms with van der Waals surface area (Å²) in [6.45, 7) is 1.45. The molecule has 1 fully saturated rings. The molecule has 2 aromatic heterocycles. The fraction of sp³-hybridized carbons (Fsp3) is 0.294. The van der Waals surface area contributed by atoms with E-state index in [-0.39, 0.29) is 6.03 Å². The van der Waals surface area contributed by atoms with E-state index < -0.39 is 0 Å². The van der Waals surface area contributed by atoms with Gasteiger partial charge in [-0.05, 0) is 30.2 Å². The Morgan fingerprint density at radius 1 is 1.36 bits per heavy atom. The third-order valence-corrected chi connectivity index (χ3v) is 4.46. The van der Waals surface area contributed by atoms with Crippen LogP contribution in [0.5, 0.6) is 0 Å². The van der Waals surface area contributed by atoms with Crippen molar-refractivity contribution in [3.63, 3.8) is 0 Å². The van der Waals surface area contributed by atoms with Gasteiger partial charge in [-0.1, -0.05) is 11.3 Å². The Bertz CT molecular complexity index is 871. The Hall–Kier alpha value is -3.16. The van der Waals surface area contributed by atoms with Gasteiger partial charge in [0.1, 0.15) is 0 Å². The number of amides is 2. The van der Waals surface area contributed by atoms with Gasteiger partial charge in [0.05, 0.1) is 24.3 Å². The predicted molar refractivity (Wildman–Crippen MR) is 92.5 cm³/mol. The van der Waals surface area contributed by atoms with Gasteiger partial charge in [-0.2, -0.15) is 5.10 Å². The zero-order valence-electron chi connectivity index (χ0n) is 13.9. The summed E-state index contributed by atoms with van der Waals surface area (Å²) in [5.74, 6) is 0.348. The van der Waals surface area contributed by atoms with Crippen LogP contribution >= 0.6 is 0 Å². The summed E-state index contributed by atoms with van der Waals surface area (Å²) < 4.78 is 3.46. The van der Waals surface area contributed by atoms with Crippen molar-refractivity contribution in [2.75, 3.05) is 18.4 Å². The highest BCUT2D eigenvalue weighted by Gasteiger charge is 2.28. The predicted octanol–water partition coefficient (Wildman–Crippen LogP) is 2.02. The maximum absolute atomic E-state index is 12.6. The van der Waals surface area contributed by atoms with Gasteiger partial charge in [0, 0.05) is 37.9 Å². The van der Waals surface area contributed by atoms with Crippen LogP contribution in [0.25, 0.3) is 5.69 Å². The van der Waals surface area contributed by atoms with E-state index in [1.54, 1.807) is 21.8 Å². The van der Waals surface area contributed by atoms with E-state index in [0.717, 1.165) is 24.3 Å². The number of nitrogens with zero attached hydrogens (tertiary/aromatic N) is 6. The molecule has 1 N–H and O–H groups in total. The average molecular weight is 337 g/mol. The topological polar surface area (TPSA) is 80.9 Å². The van der Waals surface area contributed by atoms with E-state index >= 15 is 0 Å². The Kier molecular flexibility index (Phi) is 3.93. The first-order valence-electron chi connectivity index (χ1n) is 8.20. The van der Waals surface area contributed by atoms with Gasteiger partial charge in [0.2, 0.25) is 0 Å². The number of carbonyl (C=O) groups excluding carboxylic acids is 1. The normalized spacial score (nSPS) is 17.0. The standard InChI is InChI=1S/C17H19N7O/c1-22-11-14(10-19-22)13-5-7-23(12-13)17(25)20-15-3-2-4-16(9-15)24-8-6-18-21-24/h2-4,6,8-11,13H,5,7,12H2,1H3,(H,20,25)/t13-/m1/s1. The summed E-state index contributed by atoms with van der Waals surface area (Å²) in [6.07, 6.45) is 8.24. The molecule has 128 valence electrons. The highest BCUT2D eigenvalue weighted by molar-refractivity contribution is 5.89. The molecule has 0 aliphatic carbocycles. The molecule has 1 aliphatic heterocycles. The van der Waals surface area contributed by atoms with Crippen molar-refractivity contribution in [2.45, 2.75) is 12.3 Å². The second-order valence-corrected chi connectivity index (χ2v) is 6.21. The largest absolute Gasteiger partial charge is 0.324 e. The van der Waals surface area contributed by atoms with Gasteiger partial charge < -0.3 is 10.2 Å². The Morgan fingerprint density at radius 3 is 3.04 bits per heavy atom. The number of aryl methyl sites for hydroxylation is 1. The van der Waals surface area contributed by atoms with Gasteiger partial charge in [-0.15, -0.1) is 5.10 Å². The molecule has 8 heteroatoms. The van der Waals surface area contributed by atoms with Gasteiger partial charge in [0.25, 0.3) is 0 Å². The average Bonchev–Trinajstić information content (AvgIpc) is 3.36. The maximum atomic E-state index is 12.6. The summed E-state index contributed by atoms with van der Waals surface area (Å²) in [4.78, 5) is 14.4.